The van der Waals surface area contributed by atoms with E-state index in [4.69, 9.17) is 39.5 Å². The second-order valence-electron chi connectivity index (χ2n) is 6.62. The first-order chi connectivity index (χ1) is 15.4. The molecule has 0 saturated carbocycles. The highest BCUT2D eigenvalue weighted by Crippen LogP contribution is 2.36. The van der Waals surface area contributed by atoms with Gasteiger partial charge in [-0.25, -0.2) is 4.99 Å². The van der Waals surface area contributed by atoms with Crippen LogP contribution >= 0.6 is 62.5 Å². The molecular weight excluding hydrogens is 555 g/mol. The molecule has 162 valence electrons. The Morgan fingerprint density at radius 2 is 1.81 bits per heavy atom. The molecule has 0 spiro atoms. The van der Waals surface area contributed by atoms with Crippen LogP contribution in [0.4, 0.5) is 5.69 Å². The smallest absolute Gasteiger partial charge is 0.264 e. The van der Waals surface area contributed by atoms with Crippen molar-refractivity contribution in [3.05, 3.63) is 96.2 Å². The SMILES string of the molecule is O=C1NC(=Nc2cccc(Cl)c2Cl)S/C1=C/c1cc(Br)ccc1OCc1ccccc1Cl. The van der Waals surface area contributed by atoms with E-state index in [0.717, 1.165) is 15.6 Å². The summed E-state index contributed by atoms with van der Waals surface area (Å²) in [4.78, 5) is 17.4. The Balaban J connectivity index is 1.58. The number of nitrogens with zero attached hydrogens (tertiary/aromatic N) is 1. The fourth-order valence-corrected chi connectivity index (χ4v) is 4.58. The lowest BCUT2D eigenvalue weighted by atomic mass is 10.2. The van der Waals surface area contributed by atoms with Crippen molar-refractivity contribution in [2.75, 3.05) is 0 Å². The third kappa shape index (κ3) is 5.50. The number of carbonyl (C=O) groups is 1. The van der Waals surface area contributed by atoms with Crippen LogP contribution in [0.1, 0.15) is 11.1 Å². The third-order valence-electron chi connectivity index (χ3n) is 4.40. The summed E-state index contributed by atoms with van der Waals surface area (Å²) in [5, 5.41) is 4.53. The average Bonchev–Trinajstić information content (AvgIpc) is 3.10. The minimum Gasteiger partial charge on any atom is -0.488 e. The first kappa shape index (κ1) is 23.2. The summed E-state index contributed by atoms with van der Waals surface area (Å²) in [5.41, 5.74) is 2.09. The Bertz CT molecular complexity index is 1260. The largest absolute Gasteiger partial charge is 0.488 e. The van der Waals surface area contributed by atoms with Gasteiger partial charge in [0.25, 0.3) is 5.91 Å². The van der Waals surface area contributed by atoms with Gasteiger partial charge in [-0.15, -0.1) is 0 Å². The summed E-state index contributed by atoms with van der Waals surface area (Å²) in [6.07, 6.45) is 1.76. The molecule has 3 aromatic carbocycles. The molecule has 1 fully saturated rings. The van der Waals surface area contributed by atoms with Gasteiger partial charge < -0.3 is 10.1 Å². The second-order valence-corrected chi connectivity index (χ2v) is 9.76. The molecule has 0 radical (unpaired) electrons. The van der Waals surface area contributed by atoms with Crippen molar-refractivity contribution >= 4 is 85.3 Å². The first-order valence-corrected chi connectivity index (χ1v) is 12.0. The number of hydrogen-bond donors (Lipinski definition) is 1. The second kappa shape index (κ2) is 10.3. The molecule has 0 aliphatic carbocycles. The summed E-state index contributed by atoms with van der Waals surface area (Å²) in [7, 11) is 0. The number of aliphatic imine (C=N–C) groups is 1. The Hall–Kier alpha value is -1.96. The van der Waals surface area contributed by atoms with E-state index < -0.39 is 0 Å². The molecule has 4 rings (SSSR count). The Labute approximate surface area is 212 Å². The van der Waals surface area contributed by atoms with Crippen LogP contribution in [0.3, 0.4) is 0 Å². The van der Waals surface area contributed by atoms with Gasteiger partial charge in [0.2, 0.25) is 0 Å². The lowest BCUT2D eigenvalue weighted by molar-refractivity contribution is -0.115. The predicted molar refractivity (Wildman–Crippen MR) is 137 cm³/mol. The number of amides is 1. The molecule has 1 aliphatic rings. The molecule has 1 amide bonds. The van der Waals surface area contributed by atoms with Crippen molar-refractivity contribution < 1.29 is 9.53 Å². The molecule has 4 nitrogen and oxygen atoms in total. The van der Waals surface area contributed by atoms with E-state index in [0.29, 0.717) is 43.2 Å². The van der Waals surface area contributed by atoms with Crippen LogP contribution in [0.25, 0.3) is 6.08 Å². The van der Waals surface area contributed by atoms with Gasteiger partial charge in [0.05, 0.1) is 20.6 Å². The van der Waals surface area contributed by atoms with Gasteiger partial charge in [-0.3, -0.25) is 4.79 Å². The molecule has 32 heavy (non-hydrogen) atoms. The van der Waals surface area contributed by atoms with Crippen molar-refractivity contribution in [3.8, 4) is 5.75 Å². The molecule has 1 saturated heterocycles. The summed E-state index contributed by atoms with van der Waals surface area (Å²) in [6.45, 7) is 0.302. The molecule has 1 aliphatic heterocycles. The van der Waals surface area contributed by atoms with Crippen LogP contribution in [0.15, 0.2) is 75.0 Å². The Morgan fingerprint density at radius 1 is 1.03 bits per heavy atom. The Morgan fingerprint density at radius 3 is 2.62 bits per heavy atom. The number of ether oxygens (including phenoxy) is 1. The summed E-state index contributed by atoms with van der Waals surface area (Å²) in [5.74, 6) is 0.362. The number of rotatable bonds is 5. The van der Waals surface area contributed by atoms with E-state index in [-0.39, 0.29) is 5.91 Å². The molecule has 1 N–H and O–H groups in total. The van der Waals surface area contributed by atoms with Crippen LogP contribution < -0.4 is 10.1 Å². The quantitative estimate of drug-likeness (QED) is 0.319. The maximum absolute atomic E-state index is 12.5. The van der Waals surface area contributed by atoms with Crippen LogP contribution in [0.5, 0.6) is 5.75 Å². The van der Waals surface area contributed by atoms with Crippen molar-refractivity contribution in [3.63, 3.8) is 0 Å². The molecule has 0 atom stereocenters. The molecule has 0 unspecified atom stereocenters. The van der Waals surface area contributed by atoms with Gasteiger partial charge in [-0.05, 0) is 54.2 Å². The fourth-order valence-electron chi connectivity index (χ4n) is 2.84. The third-order valence-corrected chi connectivity index (χ3v) is 6.98. The van der Waals surface area contributed by atoms with Gasteiger partial charge >= 0.3 is 0 Å². The van der Waals surface area contributed by atoms with Crippen molar-refractivity contribution in [2.24, 2.45) is 4.99 Å². The minimum atomic E-state index is -0.260. The zero-order valence-electron chi connectivity index (χ0n) is 16.2. The van der Waals surface area contributed by atoms with Gasteiger partial charge in [0, 0.05) is 20.6 Å². The first-order valence-electron chi connectivity index (χ1n) is 9.30. The number of thioether (sulfide) groups is 1. The lowest BCUT2D eigenvalue weighted by Gasteiger charge is -2.11. The monoisotopic (exact) mass is 566 g/mol. The summed E-state index contributed by atoms with van der Waals surface area (Å²) in [6, 6.07) is 18.2. The van der Waals surface area contributed by atoms with Gasteiger partial charge in [-0.2, -0.15) is 0 Å². The van der Waals surface area contributed by atoms with Crippen LogP contribution in [0, 0.1) is 0 Å². The van der Waals surface area contributed by atoms with Crippen molar-refractivity contribution in [1.82, 2.24) is 5.32 Å². The molecule has 0 bridgehead atoms. The van der Waals surface area contributed by atoms with Gasteiger partial charge in [0.1, 0.15) is 12.4 Å². The minimum absolute atomic E-state index is 0.260. The van der Waals surface area contributed by atoms with Crippen LogP contribution in [-0.2, 0) is 11.4 Å². The topological polar surface area (TPSA) is 50.7 Å². The van der Waals surface area contributed by atoms with Crippen LogP contribution in [0.2, 0.25) is 15.1 Å². The maximum Gasteiger partial charge on any atom is 0.264 e. The lowest BCUT2D eigenvalue weighted by Crippen LogP contribution is -2.19. The molecule has 1 heterocycles. The highest BCUT2D eigenvalue weighted by molar-refractivity contribution is 9.10. The maximum atomic E-state index is 12.5. The van der Waals surface area contributed by atoms with E-state index in [1.807, 2.05) is 42.5 Å². The number of amidine groups is 1. The zero-order valence-corrected chi connectivity index (χ0v) is 20.9. The highest BCUT2D eigenvalue weighted by Gasteiger charge is 2.25. The van der Waals surface area contributed by atoms with Crippen molar-refractivity contribution in [1.29, 1.82) is 0 Å². The molecule has 0 aromatic heterocycles. The number of benzene rings is 3. The summed E-state index contributed by atoms with van der Waals surface area (Å²) < 4.78 is 6.86. The molecular formula is C23H14BrCl3N2O2S. The van der Waals surface area contributed by atoms with Gasteiger partial charge in [-0.1, -0.05) is 75.0 Å². The summed E-state index contributed by atoms with van der Waals surface area (Å²) >= 11 is 23.2. The highest BCUT2D eigenvalue weighted by atomic mass is 79.9. The average molecular weight is 569 g/mol. The van der Waals surface area contributed by atoms with E-state index >= 15 is 0 Å². The van der Waals surface area contributed by atoms with E-state index in [1.54, 1.807) is 24.3 Å². The van der Waals surface area contributed by atoms with E-state index in [1.165, 1.54) is 11.8 Å². The zero-order chi connectivity index (χ0) is 22.7. The number of carbonyl (C=O) groups excluding carboxylic acids is 1. The van der Waals surface area contributed by atoms with Gasteiger partial charge in [0.15, 0.2) is 5.17 Å². The van der Waals surface area contributed by atoms with Crippen LogP contribution in [-0.4, -0.2) is 11.1 Å². The number of hydrogen-bond acceptors (Lipinski definition) is 4. The fraction of sp³-hybridized carbons (Fsp3) is 0.0435. The van der Waals surface area contributed by atoms with Crippen molar-refractivity contribution in [2.45, 2.75) is 6.61 Å². The standard InChI is InChI=1S/C23H14BrCl3N2O2S/c24-15-8-9-19(31-12-13-4-1-2-5-16(13)25)14(10-15)11-20-22(30)29-23(32-20)28-18-7-3-6-17(26)21(18)27/h1-11H,12H2,(H,28,29,30)/b20-11+. The molecule has 3 aromatic rings. The number of halogens is 4. The number of nitrogens with one attached hydrogen (secondary N) is 1. The van der Waals surface area contributed by atoms with E-state index in [9.17, 15) is 4.79 Å². The Kier molecular flexibility index (Phi) is 7.48. The van der Waals surface area contributed by atoms with E-state index in [2.05, 4.69) is 26.2 Å². The predicted octanol–water partition coefficient (Wildman–Crippen LogP) is 7.88. The molecule has 9 heteroatoms. The normalized spacial score (nSPS) is 15.9.